The summed E-state index contributed by atoms with van der Waals surface area (Å²) in [6.45, 7) is 0. The molecule has 0 bridgehead atoms. The Morgan fingerprint density at radius 2 is 1.30 bits per heavy atom. The molecule has 0 aliphatic carbocycles. The van der Waals surface area contributed by atoms with E-state index >= 15 is 0 Å². The molecule has 4 aromatic heterocycles. The molecule has 0 spiro atoms. The van der Waals surface area contributed by atoms with Crippen LogP contribution in [0.2, 0.25) is 0 Å². The number of nitrogens with two attached hydrogens (primary N) is 3. The summed E-state index contributed by atoms with van der Waals surface area (Å²) in [4.78, 5) is 42.2. The summed E-state index contributed by atoms with van der Waals surface area (Å²) in [5, 5.41) is 20.3. The van der Waals surface area contributed by atoms with Crippen LogP contribution < -0.4 is 33.1 Å². The summed E-state index contributed by atoms with van der Waals surface area (Å²) < 4.78 is 141. The fourth-order valence-electron chi connectivity index (χ4n) is 6.62. The fraction of sp³-hybridized carbons (Fsp3) is 0.119. The number of hydrazine groups is 1. The van der Waals surface area contributed by atoms with Gasteiger partial charge in [0.1, 0.15) is 28.6 Å². The number of nitrogens with zero attached hydrogens (tertiary/aromatic N) is 8. The average molecular weight is 1080 g/mol. The van der Waals surface area contributed by atoms with Gasteiger partial charge in [0.25, 0.3) is 0 Å². The second kappa shape index (κ2) is 21.8. The Morgan fingerprint density at radius 1 is 0.757 bits per heavy atom. The number of nitrogens with one attached hydrogen (secondary N) is 3. The first-order valence-corrected chi connectivity index (χ1v) is 23.9. The van der Waals surface area contributed by atoms with Crippen LogP contribution in [0.1, 0.15) is 42.6 Å². The van der Waals surface area contributed by atoms with E-state index in [4.69, 9.17) is 22.4 Å². The number of H-pyrrole nitrogens is 1. The first-order valence-electron chi connectivity index (χ1n) is 20.2. The van der Waals surface area contributed by atoms with Crippen LogP contribution in [0.15, 0.2) is 101 Å². The van der Waals surface area contributed by atoms with Crippen molar-refractivity contribution in [2.75, 3.05) is 37.4 Å². The highest BCUT2D eigenvalue weighted by atomic mass is 32.2. The van der Waals surface area contributed by atoms with Gasteiger partial charge in [0.05, 0.1) is 38.1 Å². The largest absolute Gasteiger partial charge is 0.477 e. The van der Waals surface area contributed by atoms with Crippen LogP contribution >= 0.6 is 0 Å². The Balaban J connectivity index is 0.000000182. The van der Waals surface area contributed by atoms with Gasteiger partial charge in [-0.1, -0.05) is 18.2 Å². The molecule has 74 heavy (non-hydrogen) atoms. The summed E-state index contributed by atoms with van der Waals surface area (Å²) in [6.07, 6.45) is 4.38. The number of amidine groups is 2. The number of carboxylic acid groups (broad SMARTS) is 1. The lowest BCUT2D eigenvalue weighted by molar-refractivity contribution is 0.0584. The molecule has 1 aliphatic heterocycles. The minimum absolute atomic E-state index is 0.0528. The van der Waals surface area contributed by atoms with Gasteiger partial charge in [-0.3, -0.25) is 20.6 Å². The van der Waals surface area contributed by atoms with Crippen LogP contribution in [-0.4, -0.2) is 112 Å². The van der Waals surface area contributed by atoms with Crippen molar-refractivity contribution < 1.29 is 72.1 Å². The van der Waals surface area contributed by atoms with E-state index in [9.17, 15) is 57.6 Å². The van der Waals surface area contributed by atoms with E-state index in [1.807, 2.05) is 0 Å². The van der Waals surface area contributed by atoms with Crippen molar-refractivity contribution >= 4 is 66.9 Å². The van der Waals surface area contributed by atoms with E-state index in [2.05, 4.69) is 45.6 Å². The van der Waals surface area contributed by atoms with Crippen LogP contribution in [0.25, 0.3) is 17.1 Å². The minimum Gasteiger partial charge on any atom is -0.477 e. The minimum atomic E-state index is -3.87. The number of nitrogen functional groups attached to an aromatic ring is 1. The van der Waals surface area contributed by atoms with E-state index in [0.717, 1.165) is 68.0 Å². The van der Waals surface area contributed by atoms with E-state index < -0.39 is 79.1 Å². The Morgan fingerprint density at radius 3 is 1.85 bits per heavy atom. The number of rotatable bonds is 11. The zero-order valence-electron chi connectivity index (χ0n) is 38.3. The van der Waals surface area contributed by atoms with Gasteiger partial charge in [0.15, 0.2) is 52.9 Å². The average Bonchev–Trinajstić information content (AvgIpc) is 4.21. The number of hydrogen-bond acceptors (Lipinski definition) is 18. The number of methoxy groups -OCH3 is 2. The Kier molecular flexibility index (Phi) is 16.0. The van der Waals surface area contributed by atoms with Gasteiger partial charge < -0.3 is 30.7 Å². The monoisotopic (exact) mass is 1080 g/mol. The summed E-state index contributed by atoms with van der Waals surface area (Å²) in [5.74, 6) is -4.69. The van der Waals surface area contributed by atoms with Crippen molar-refractivity contribution in [3.8, 4) is 17.1 Å². The maximum Gasteiger partial charge on any atom is 0.355 e. The predicted octanol–water partition coefficient (Wildman–Crippen LogP) is 3.10. The third-order valence-electron chi connectivity index (χ3n) is 9.94. The fourth-order valence-corrected chi connectivity index (χ4v) is 8.20. The van der Waals surface area contributed by atoms with Gasteiger partial charge in [-0.05, 0) is 54.6 Å². The first-order chi connectivity index (χ1) is 34.8. The highest BCUT2D eigenvalue weighted by molar-refractivity contribution is 7.89. The molecule has 0 radical (unpaired) electrons. The first kappa shape index (κ1) is 54.3. The van der Waals surface area contributed by atoms with E-state index in [0.29, 0.717) is 13.5 Å². The topological polar surface area (TPSA) is 345 Å². The van der Waals surface area contributed by atoms with Crippen LogP contribution in [0, 0.1) is 34.9 Å². The lowest BCUT2D eigenvalue weighted by atomic mass is 10.2. The number of aromatic amines is 1. The number of anilines is 2. The van der Waals surface area contributed by atoms with Gasteiger partial charge in [-0.2, -0.15) is 5.10 Å². The highest BCUT2D eigenvalue weighted by Crippen LogP contribution is 2.30. The molecule has 0 saturated carbocycles. The zero-order valence-corrected chi connectivity index (χ0v) is 39.9. The highest BCUT2D eigenvalue weighted by Gasteiger charge is 2.32. The van der Waals surface area contributed by atoms with Crippen molar-refractivity contribution in [1.29, 1.82) is 0 Å². The number of ether oxygens (including phenoxy) is 2. The number of carboxylic acids is 1. The number of carbonyl (C=O) groups excluding carboxylic acids is 2. The standard InChI is InChI=1S/C15H13F2N5O4S.C14H14F2N4O4S.C13H11F2N5O2/c1-26-14(23)11-6-8(7-21(11)27(2,24)25)13-19-20-15(18)22(13)10-5-3-4-9(16)12(10)17;1-24-14(21)11-6-8(7-20(11)25(2,22)23)13(19-17)18-10-5-3-4-9(15)12(10)16;14-7-2-1-3-9(10(7)15)20-11(18-19-13(20)16)6-4-8(12(21)22)17-5-6/h3-7H,1-2H3,(H2,18,20);3-7H,17H2,1-2H3,(H,18,19);1-5,13,17,19H,16H2,(H,21,22). The number of esters is 2. The van der Waals surface area contributed by atoms with E-state index in [-0.39, 0.29) is 68.7 Å². The van der Waals surface area contributed by atoms with Crippen molar-refractivity contribution in [1.82, 2.24) is 38.5 Å². The maximum absolute atomic E-state index is 14.2. The Hall–Kier alpha value is -9.01. The predicted molar refractivity (Wildman–Crippen MR) is 251 cm³/mol. The van der Waals surface area contributed by atoms with Gasteiger partial charge in [-0.15, -0.1) is 10.2 Å². The van der Waals surface area contributed by atoms with Crippen LogP contribution in [0.5, 0.6) is 0 Å². The number of carbonyl (C=O) groups is 3. The van der Waals surface area contributed by atoms with E-state index in [1.165, 1.54) is 59.6 Å². The molecule has 5 heterocycles. The summed E-state index contributed by atoms with van der Waals surface area (Å²) in [6, 6.07) is 14.1. The number of aromatic nitrogens is 6. The molecule has 32 heteroatoms. The molecule has 1 unspecified atom stereocenters. The molecule has 3 aromatic carbocycles. The number of hydrazone groups is 1. The van der Waals surface area contributed by atoms with E-state index in [1.54, 1.807) is 0 Å². The molecule has 10 N–H and O–H groups in total. The molecule has 1 atom stereocenters. The van der Waals surface area contributed by atoms with Gasteiger partial charge in [0, 0.05) is 35.3 Å². The molecule has 390 valence electrons. The molecule has 8 rings (SSSR count). The quantitative estimate of drug-likeness (QED) is 0.0244. The SMILES string of the molecule is COC(=O)c1cc(-c2nnc(N)n2-c2cccc(F)c2F)cn1S(C)(=O)=O.COC(=O)c1cc(C(=Nc2cccc(F)c2F)NN)cn1S(C)(=O)=O.NC1NN=C(c2c[nH]c(C(=O)O)c2)N1c1cccc(F)c1F. The van der Waals surface area contributed by atoms with Crippen LogP contribution in [0.4, 0.5) is 43.7 Å². The Labute approximate surface area is 413 Å². The molecule has 24 nitrogen and oxygen atoms in total. The molecule has 1 aliphatic rings. The number of benzene rings is 3. The molecular formula is C42H38F6N14O10S2. The van der Waals surface area contributed by atoms with Gasteiger partial charge in [0.2, 0.25) is 26.0 Å². The third-order valence-corrected chi connectivity index (χ3v) is 12.0. The number of hydrogen-bond donors (Lipinski definition) is 7. The lowest BCUT2D eigenvalue weighted by Crippen LogP contribution is -2.47. The maximum atomic E-state index is 14.2. The smallest absolute Gasteiger partial charge is 0.355 e. The number of aromatic carboxylic acids is 1. The Bertz CT molecular complexity index is 3620. The van der Waals surface area contributed by atoms with Gasteiger partial charge >= 0.3 is 17.9 Å². The van der Waals surface area contributed by atoms with Crippen molar-refractivity contribution in [3.05, 3.63) is 154 Å². The summed E-state index contributed by atoms with van der Waals surface area (Å²) in [7, 11) is -5.54. The summed E-state index contributed by atoms with van der Waals surface area (Å²) >= 11 is 0. The van der Waals surface area contributed by atoms with Crippen LogP contribution in [-0.2, 0) is 29.5 Å². The molecule has 0 saturated heterocycles. The van der Waals surface area contributed by atoms with Crippen molar-refractivity contribution in [2.45, 2.75) is 6.29 Å². The number of halogens is 6. The van der Waals surface area contributed by atoms with Gasteiger partial charge in [-0.25, -0.2) is 76.3 Å². The normalized spacial score (nSPS) is 13.5. The molecular weight excluding hydrogens is 1040 g/mol. The van der Waals surface area contributed by atoms with Crippen LogP contribution in [0.3, 0.4) is 0 Å². The summed E-state index contributed by atoms with van der Waals surface area (Å²) in [5.41, 5.74) is 15.3. The molecule has 0 fully saturated rings. The van der Waals surface area contributed by atoms with Crippen molar-refractivity contribution in [3.63, 3.8) is 0 Å². The third kappa shape index (κ3) is 11.4. The lowest BCUT2D eigenvalue weighted by Gasteiger charge is -2.24. The second-order valence-electron chi connectivity index (χ2n) is 14.9. The van der Waals surface area contributed by atoms with Crippen molar-refractivity contribution in [2.24, 2.45) is 21.7 Å². The zero-order chi connectivity index (χ0) is 54.6. The number of aliphatic imine (C=N–C) groups is 1. The molecule has 0 amide bonds. The second-order valence-corrected chi connectivity index (χ2v) is 18.6. The molecule has 7 aromatic rings.